The summed E-state index contributed by atoms with van der Waals surface area (Å²) in [6.45, 7) is 8.05. The molecule has 4 aliphatic carbocycles. The summed E-state index contributed by atoms with van der Waals surface area (Å²) >= 11 is 0. The Morgan fingerprint density at radius 2 is 1.14 bits per heavy atom. The van der Waals surface area contributed by atoms with Gasteiger partial charge >= 0.3 is 0 Å². The zero-order chi connectivity index (χ0) is 15.3. The lowest BCUT2D eigenvalue weighted by Gasteiger charge is -2.52. The Hall–Kier alpha value is -0.680. The number of fused-ring (bicyclic) bond motifs is 1. The number of hydrogen-bond acceptors (Lipinski definition) is 4. The molecule has 2 bridgehead atoms. The second kappa shape index (κ2) is 4.04. The lowest BCUT2D eigenvalue weighted by Crippen LogP contribution is -2.58. The molecule has 0 aromatic heterocycles. The third-order valence-corrected chi connectivity index (χ3v) is 5.88. The summed E-state index contributed by atoms with van der Waals surface area (Å²) < 4.78 is 24.8. The molecule has 2 aliphatic heterocycles. The Morgan fingerprint density at radius 3 is 1.91 bits per heavy atom. The summed E-state index contributed by atoms with van der Waals surface area (Å²) in [6, 6.07) is 0. The van der Waals surface area contributed by atoms with Crippen LogP contribution in [0.3, 0.4) is 0 Å². The van der Waals surface area contributed by atoms with E-state index in [1.165, 1.54) is 0 Å². The summed E-state index contributed by atoms with van der Waals surface area (Å²) in [6.07, 6.45) is 9.71. The maximum absolute atomic E-state index is 6.27. The molecule has 2 heterocycles. The van der Waals surface area contributed by atoms with E-state index in [1.807, 2.05) is 27.7 Å². The van der Waals surface area contributed by atoms with Gasteiger partial charge < -0.3 is 18.9 Å². The molecule has 0 radical (unpaired) electrons. The Bertz CT molecular complexity index is 563. The van der Waals surface area contributed by atoms with E-state index < -0.39 is 11.6 Å². The van der Waals surface area contributed by atoms with Crippen LogP contribution < -0.4 is 0 Å². The molecule has 1 saturated carbocycles. The minimum atomic E-state index is -0.499. The molecule has 6 rings (SSSR count). The van der Waals surface area contributed by atoms with Crippen molar-refractivity contribution in [3.05, 3.63) is 24.3 Å². The highest BCUT2D eigenvalue weighted by molar-refractivity contribution is 5.26. The van der Waals surface area contributed by atoms with Gasteiger partial charge in [-0.2, -0.15) is 0 Å². The van der Waals surface area contributed by atoms with Gasteiger partial charge in [-0.3, -0.25) is 0 Å². The normalized spacial score (nSPS) is 55.8. The van der Waals surface area contributed by atoms with E-state index in [-0.39, 0.29) is 24.4 Å². The lowest BCUT2D eigenvalue weighted by molar-refractivity contribution is -0.160. The summed E-state index contributed by atoms with van der Waals surface area (Å²) in [5, 5.41) is 0. The average Bonchev–Trinajstić information content (AvgIpc) is 2.92. The fourth-order valence-corrected chi connectivity index (χ4v) is 5.29. The SMILES string of the molecule is CC1(C)O[C@@H]2[C@H]3C=C[C@@H]([C@@H]2O1)[C@H]1[C@@H]3C=C[C@@H]2OC(C)(C)O[C@H]12. The van der Waals surface area contributed by atoms with E-state index in [0.717, 1.165) is 0 Å². The van der Waals surface area contributed by atoms with Crippen LogP contribution in [0.5, 0.6) is 0 Å². The Balaban J connectivity index is 1.54. The average molecular weight is 304 g/mol. The topological polar surface area (TPSA) is 36.9 Å². The van der Waals surface area contributed by atoms with Crippen LogP contribution in [0.25, 0.3) is 0 Å². The van der Waals surface area contributed by atoms with Crippen molar-refractivity contribution < 1.29 is 18.9 Å². The van der Waals surface area contributed by atoms with E-state index in [1.54, 1.807) is 0 Å². The molecule has 0 N–H and O–H groups in total. The first-order chi connectivity index (χ1) is 10.3. The number of hydrogen-bond donors (Lipinski definition) is 0. The third-order valence-electron chi connectivity index (χ3n) is 5.88. The van der Waals surface area contributed by atoms with Crippen molar-refractivity contribution in [1.82, 2.24) is 0 Å². The van der Waals surface area contributed by atoms with E-state index >= 15 is 0 Å². The lowest BCUT2D eigenvalue weighted by atomic mass is 9.56. The van der Waals surface area contributed by atoms with Gasteiger partial charge in [0.1, 0.15) is 6.10 Å². The first-order valence-electron chi connectivity index (χ1n) is 8.43. The molecule has 0 amide bonds. The van der Waals surface area contributed by atoms with Crippen molar-refractivity contribution in [2.24, 2.45) is 23.7 Å². The molecule has 0 aromatic rings. The van der Waals surface area contributed by atoms with Crippen LogP contribution in [0.1, 0.15) is 27.7 Å². The maximum Gasteiger partial charge on any atom is 0.164 e. The largest absolute Gasteiger partial charge is 0.344 e. The molecular weight excluding hydrogens is 280 g/mol. The van der Waals surface area contributed by atoms with Crippen LogP contribution >= 0.6 is 0 Å². The summed E-state index contributed by atoms with van der Waals surface area (Å²) in [7, 11) is 0. The van der Waals surface area contributed by atoms with Crippen molar-refractivity contribution >= 4 is 0 Å². The molecule has 4 heteroatoms. The zero-order valence-corrected chi connectivity index (χ0v) is 13.6. The van der Waals surface area contributed by atoms with Crippen LogP contribution in [0.15, 0.2) is 24.3 Å². The second-order valence-corrected chi connectivity index (χ2v) is 8.21. The summed E-state index contributed by atoms with van der Waals surface area (Å²) in [5.74, 6) is 0.627. The highest BCUT2D eigenvalue weighted by atomic mass is 16.8. The predicted molar refractivity (Wildman–Crippen MR) is 79.9 cm³/mol. The predicted octanol–water partition coefficient (Wildman–Crippen LogP) is 2.64. The Morgan fingerprint density at radius 1 is 0.591 bits per heavy atom. The third kappa shape index (κ3) is 1.72. The molecule has 8 atom stereocenters. The van der Waals surface area contributed by atoms with E-state index in [0.29, 0.717) is 23.7 Å². The van der Waals surface area contributed by atoms with Crippen molar-refractivity contribution in [1.29, 1.82) is 0 Å². The molecule has 2 saturated heterocycles. The fourth-order valence-electron chi connectivity index (χ4n) is 5.29. The minimum absolute atomic E-state index is 0.0674. The summed E-state index contributed by atoms with van der Waals surface area (Å²) in [5.41, 5.74) is 0. The monoisotopic (exact) mass is 304 g/mol. The molecule has 120 valence electrons. The molecule has 4 nitrogen and oxygen atoms in total. The van der Waals surface area contributed by atoms with Crippen LogP contribution in [0.4, 0.5) is 0 Å². The van der Waals surface area contributed by atoms with Crippen LogP contribution in [0.2, 0.25) is 0 Å². The summed E-state index contributed by atoms with van der Waals surface area (Å²) in [4.78, 5) is 0. The van der Waals surface area contributed by atoms with Gasteiger partial charge in [-0.25, -0.2) is 0 Å². The number of allylic oxidation sites excluding steroid dienone is 1. The van der Waals surface area contributed by atoms with Crippen molar-refractivity contribution in [2.45, 2.75) is 63.7 Å². The van der Waals surface area contributed by atoms with Gasteiger partial charge in [-0.15, -0.1) is 0 Å². The van der Waals surface area contributed by atoms with Gasteiger partial charge in [-0.1, -0.05) is 24.3 Å². The van der Waals surface area contributed by atoms with Gasteiger partial charge in [0.2, 0.25) is 0 Å². The molecule has 6 aliphatic rings. The first kappa shape index (κ1) is 13.7. The van der Waals surface area contributed by atoms with Gasteiger partial charge in [-0.05, 0) is 33.6 Å². The number of rotatable bonds is 0. The van der Waals surface area contributed by atoms with E-state index in [9.17, 15) is 0 Å². The highest BCUT2D eigenvalue weighted by Crippen LogP contribution is 2.57. The molecule has 0 spiro atoms. The van der Waals surface area contributed by atoms with Gasteiger partial charge in [0.25, 0.3) is 0 Å². The Kier molecular flexibility index (Phi) is 2.52. The van der Waals surface area contributed by atoms with Gasteiger partial charge in [0.05, 0.1) is 18.3 Å². The molecule has 22 heavy (non-hydrogen) atoms. The van der Waals surface area contributed by atoms with Crippen LogP contribution in [-0.4, -0.2) is 36.0 Å². The molecule has 0 aromatic carbocycles. The van der Waals surface area contributed by atoms with E-state index in [2.05, 4.69) is 24.3 Å². The number of ether oxygens (including phenoxy) is 4. The van der Waals surface area contributed by atoms with Crippen molar-refractivity contribution in [2.75, 3.05) is 0 Å². The first-order valence-corrected chi connectivity index (χ1v) is 8.43. The van der Waals surface area contributed by atoms with Crippen molar-refractivity contribution in [3.8, 4) is 0 Å². The minimum Gasteiger partial charge on any atom is -0.344 e. The van der Waals surface area contributed by atoms with Crippen LogP contribution in [-0.2, 0) is 18.9 Å². The highest BCUT2D eigenvalue weighted by Gasteiger charge is 2.63. The van der Waals surface area contributed by atoms with E-state index in [4.69, 9.17) is 18.9 Å². The molecule has 0 unspecified atom stereocenters. The van der Waals surface area contributed by atoms with Crippen molar-refractivity contribution in [3.63, 3.8) is 0 Å². The van der Waals surface area contributed by atoms with Gasteiger partial charge in [0.15, 0.2) is 11.6 Å². The quantitative estimate of drug-likeness (QED) is 0.645. The van der Waals surface area contributed by atoms with Crippen LogP contribution in [0, 0.1) is 23.7 Å². The zero-order valence-electron chi connectivity index (χ0n) is 13.6. The smallest absolute Gasteiger partial charge is 0.164 e. The molecule has 3 fully saturated rings. The second-order valence-electron chi connectivity index (χ2n) is 8.21. The maximum atomic E-state index is 6.27. The fraction of sp³-hybridized carbons (Fsp3) is 0.778. The molecular formula is C18H24O4. The Labute approximate surface area is 131 Å². The standard InChI is InChI=1S/C18H24O4/c1-17(2)19-12-8-7-9-10-5-6-11(13(9)16(12)22-17)15-14(10)20-18(3,4)21-15/h5-16H,1-4H3/t9-,10+,11-,12+,13-,14-,15+,16+/m1/s1. The van der Waals surface area contributed by atoms with Gasteiger partial charge in [0, 0.05) is 17.8 Å².